The molecule has 7 heteroatoms. The van der Waals surface area contributed by atoms with Crippen LogP contribution in [0.2, 0.25) is 0 Å². The Morgan fingerprint density at radius 2 is 2.12 bits per heavy atom. The molecule has 0 radical (unpaired) electrons. The molecule has 48 valence electrons. The summed E-state index contributed by atoms with van der Waals surface area (Å²) in [5.41, 5.74) is 4.60. The largest absolute Gasteiger partial charge is 0.526 e. The second kappa shape index (κ2) is 2.41. The van der Waals surface area contributed by atoms with E-state index in [2.05, 4.69) is 22.5 Å². The number of nitrogens with two attached hydrogens (primary N) is 1. The van der Waals surface area contributed by atoms with Gasteiger partial charge < -0.3 is 10.3 Å². The molecule has 0 aromatic heterocycles. The molecule has 0 aromatic rings. The predicted molar refractivity (Wildman–Crippen MR) is 29.9 cm³/mol. The first-order valence-corrected chi connectivity index (χ1v) is 3.40. The average Bonchev–Trinajstić information content (AvgIpc) is 1.21. The van der Waals surface area contributed by atoms with Crippen molar-refractivity contribution in [1.82, 2.24) is 0 Å². The molecule has 0 saturated heterocycles. The second-order valence-electron chi connectivity index (χ2n) is 0.901. The van der Waals surface area contributed by atoms with Crippen LogP contribution < -0.4 is 5.73 Å². The van der Waals surface area contributed by atoms with Crippen molar-refractivity contribution in [3.05, 3.63) is 0 Å². The fourth-order valence-electron chi connectivity index (χ4n) is 0.117. The average molecular weight is 157 g/mol. The van der Waals surface area contributed by atoms with Crippen LogP contribution in [0.1, 0.15) is 0 Å². The Morgan fingerprint density at radius 1 is 1.75 bits per heavy atom. The van der Waals surface area contributed by atoms with E-state index < -0.39 is 13.0 Å². The number of thiocarbonyl (C=S) groups is 1. The molecule has 0 unspecified atom stereocenters. The molecule has 0 fully saturated rings. The van der Waals surface area contributed by atoms with E-state index in [-0.39, 0.29) is 0 Å². The maximum absolute atomic E-state index is 9.75. The molecule has 0 aromatic carbocycles. The van der Waals surface area contributed by atoms with E-state index in [0.29, 0.717) is 0 Å². The molecule has 0 aliphatic heterocycles. The number of phosphoric acid groups is 1. The van der Waals surface area contributed by atoms with Gasteiger partial charge in [-0.1, -0.05) is 0 Å². The van der Waals surface area contributed by atoms with Crippen LogP contribution in [0, 0.1) is 0 Å². The standard InChI is InChI=1S/CH4NO4PS/c2-1(8)6-7(3,4)5/h(H2,2,8)(H2,3,4,5). The normalized spacial score (nSPS) is 10.8. The van der Waals surface area contributed by atoms with Crippen LogP contribution in [-0.4, -0.2) is 15.0 Å². The summed E-state index contributed by atoms with van der Waals surface area (Å²) in [7, 11) is -4.49. The van der Waals surface area contributed by atoms with Gasteiger partial charge in [-0.25, -0.2) is 4.57 Å². The Balaban J connectivity index is 3.74. The quantitative estimate of drug-likeness (QED) is 0.345. The maximum Gasteiger partial charge on any atom is 0.526 e. The number of rotatable bonds is 1. The van der Waals surface area contributed by atoms with E-state index in [9.17, 15) is 4.57 Å². The minimum atomic E-state index is -4.49. The van der Waals surface area contributed by atoms with Crippen molar-refractivity contribution < 1.29 is 18.9 Å². The van der Waals surface area contributed by atoms with Gasteiger partial charge in [0.2, 0.25) is 0 Å². The highest BCUT2D eigenvalue weighted by molar-refractivity contribution is 7.80. The third-order valence-corrected chi connectivity index (χ3v) is 0.850. The maximum atomic E-state index is 9.75. The molecule has 0 amide bonds. The minimum Gasteiger partial charge on any atom is -0.378 e. The van der Waals surface area contributed by atoms with E-state index in [0.717, 1.165) is 0 Å². The molecule has 0 rings (SSSR count). The molecule has 0 aliphatic rings. The van der Waals surface area contributed by atoms with Crippen LogP contribution >= 0.6 is 20.0 Å². The van der Waals surface area contributed by atoms with Crippen LogP contribution in [0.5, 0.6) is 0 Å². The van der Waals surface area contributed by atoms with Crippen LogP contribution in [0.25, 0.3) is 0 Å². The van der Waals surface area contributed by atoms with Crippen molar-refractivity contribution >= 4 is 25.2 Å². The Hall–Kier alpha value is -0.160. The van der Waals surface area contributed by atoms with Gasteiger partial charge in [-0.2, -0.15) is 0 Å². The summed E-state index contributed by atoms with van der Waals surface area (Å²) in [4.78, 5) is 15.8. The Morgan fingerprint density at radius 3 is 2.12 bits per heavy atom. The molecule has 8 heavy (non-hydrogen) atoms. The third-order valence-electron chi connectivity index (χ3n) is 0.209. The summed E-state index contributed by atoms with van der Waals surface area (Å²) < 4.78 is 13.4. The Kier molecular flexibility index (Phi) is 2.36. The highest BCUT2D eigenvalue weighted by Gasteiger charge is 2.14. The van der Waals surface area contributed by atoms with E-state index in [4.69, 9.17) is 9.79 Å². The van der Waals surface area contributed by atoms with Gasteiger partial charge in [-0.3, -0.25) is 9.79 Å². The van der Waals surface area contributed by atoms with Crippen molar-refractivity contribution in [2.75, 3.05) is 0 Å². The van der Waals surface area contributed by atoms with Gasteiger partial charge in [0.05, 0.1) is 0 Å². The first-order valence-electron chi connectivity index (χ1n) is 1.46. The lowest BCUT2D eigenvalue weighted by Gasteiger charge is -2.00. The smallest absolute Gasteiger partial charge is 0.378 e. The molecule has 0 atom stereocenters. The van der Waals surface area contributed by atoms with Gasteiger partial charge >= 0.3 is 7.82 Å². The fraction of sp³-hybridized carbons (Fsp3) is 0. The molecular weight excluding hydrogens is 153 g/mol. The number of hydrogen-bond acceptors (Lipinski definition) is 3. The summed E-state index contributed by atoms with van der Waals surface area (Å²) in [6, 6.07) is 0. The van der Waals surface area contributed by atoms with Crippen LogP contribution in [0.4, 0.5) is 0 Å². The van der Waals surface area contributed by atoms with Gasteiger partial charge in [0.1, 0.15) is 0 Å². The third kappa shape index (κ3) is 5.84. The lowest BCUT2D eigenvalue weighted by molar-refractivity contribution is 0.280. The number of hydrogen-bond donors (Lipinski definition) is 3. The van der Waals surface area contributed by atoms with Gasteiger partial charge in [-0.15, -0.1) is 0 Å². The number of phosphoric ester groups is 1. The summed E-state index contributed by atoms with van der Waals surface area (Å²) in [6.45, 7) is 0. The van der Waals surface area contributed by atoms with Crippen molar-refractivity contribution in [2.45, 2.75) is 0 Å². The molecule has 5 nitrogen and oxygen atoms in total. The van der Waals surface area contributed by atoms with Gasteiger partial charge in [0.25, 0.3) is 5.17 Å². The topological polar surface area (TPSA) is 92.8 Å². The second-order valence-corrected chi connectivity index (χ2v) is 2.47. The predicted octanol–water partition coefficient (Wildman–Crippen LogP) is -0.661. The fourth-order valence-corrected chi connectivity index (χ4v) is 0.643. The van der Waals surface area contributed by atoms with Crippen LogP contribution in [-0.2, 0) is 9.09 Å². The highest BCUT2D eigenvalue weighted by atomic mass is 32.1. The highest BCUT2D eigenvalue weighted by Crippen LogP contribution is 2.35. The molecule has 0 spiro atoms. The van der Waals surface area contributed by atoms with Crippen molar-refractivity contribution in [1.29, 1.82) is 0 Å². The van der Waals surface area contributed by atoms with Gasteiger partial charge in [0, 0.05) is 0 Å². The zero-order valence-corrected chi connectivity index (χ0v) is 5.35. The molecule has 0 saturated carbocycles. The molecule has 0 heterocycles. The molecular formula is CH4NO4PS. The molecule has 4 N–H and O–H groups in total. The van der Waals surface area contributed by atoms with Crippen LogP contribution in [0.3, 0.4) is 0 Å². The summed E-state index contributed by atoms with van der Waals surface area (Å²) in [5, 5.41) is -0.654. The minimum absolute atomic E-state index is 0.654. The van der Waals surface area contributed by atoms with Crippen molar-refractivity contribution in [3.63, 3.8) is 0 Å². The summed E-state index contributed by atoms with van der Waals surface area (Å²) >= 11 is 4.01. The zero-order valence-electron chi connectivity index (χ0n) is 3.64. The molecule has 0 bridgehead atoms. The first-order chi connectivity index (χ1) is 3.42. The summed E-state index contributed by atoms with van der Waals surface area (Å²) in [5.74, 6) is 0. The van der Waals surface area contributed by atoms with E-state index in [1.165, 1.54) is 0 Å². The Bertz CT molecular complexity index is 139. The SMILES string of the molecule is NC(=S)OP(=O)(O)O. The van der Waals surface area contributed by atoms with E-state index in [1.807, 2.05) is 0 Å². The lowest BCUT2D eigenvalue weighted by atomic mass is 11.4. The first kappa shape index (κ1) is 7.84. The van der Waals surface area contributed by atoms with E-state index >= 15 is 0 Å². The lowest BCUT2D eigenvalue weighted by Crippen LogP contribution is -2.10. The Labute approximate surface area is 50.7 Å². The molecule has 0 aliphatic carbocycles. The monoisotopic (exact) mass is 157 g/mol. The summed E-state index contributed by atoms with van der Waals surface area (Å²) in [6.07, 6.45) is 0. The van der Waals surface area contributed by atoms with Crippen LogP contribution in [0.15, 0.2) is 0 Å². The zero-order chi connectivity index (χ0) is 6.78. The van der Waals surface area contributed by atoms with Gasteiger partial charge in [-0.05, 0) is 12.2 Å². The van der Waals surface area contributed by atoms with Gasteiger partial charge in [0.15, 0.2) is 0 Å². The van der Waals surface area contributed by atoms with Crippen molar-refractivity contribution in [3.8, 4) is 0 Å². The van der Waals surface area contributed by atoms with Crippen molar-refractivity contribution in [2.24, 2.45) is 5.73 Å². The van der Waals surface area contributed by atoms with E-state index in [1.54, 1.807) is 0 Å².